The van der Waals surface area contributed by atoms with E-state index in [1.54, 1.807) is 6.20 Å². The zero-order valence-electron chi connectivity index (χ0n) is 16.8. The van der Waals surface area contributed by atoms with Crippen molar-refractivity contribution in [2.75, 3.05) is 5.32 Å². The number of anilines is 1. The third kappa shape index (κ3) is 3.25. The number of hydrogen-bond donors (Lipinski definition) is 1. The number of nitrogens with zero attached hydrogens (tertiary/aromatic N) is 1. The van der Waals surface area contributed by atoms with Crippen molar-refractivity contribution in [2.45, 2.75) is 64.2 Å². The number of carbonyl (C=O) groups excluding carboxylic acids is 2. The van der Waals surface area contributed by atoms with Gasteiger partial charge >= 0.3 is 0 Å². The molecule has 1 fully saturated rings. The van der Waals surface area contributed by atoms with Gasteiger partial charge in [-0.05, 0) is 85.8 Å². The Kier molecular flexibility index (Phi) is 5.05. The van der Waals surface area contributed by atoms with E-state index in [2.05, 4.69) is 29.4 Å². The lowest BCUT2D eigenvalue weighted by molar-refractivity contribution is -0.123. The fourth-order valence-corrected chi connectivity index (χ4v) is 5.30. The fraction of sp³-hybridized carbons (Fsp3) is 0.458. The minimum Gasteiger partial charge on any atom is -0.320 e. The zero-order chi connectivity index (χ0) is 19.7. The first-order valence-corrected chi connectivity index (χ1v) is 10.4. The highest BCUT2D eigenvalue weighted by atomic mass is 16.1. The van der Waals surface area contributed by atoms with E-state index in [1.165, 1.54) is 11.1 Å². The molecule has 0 bridgehead atoms. The summed E-state index contributed by atoms with van der Waals surface area (Å²) in [6.07, 6.45) is 8.29. The first-order valence-electron chi connectivity index (χ1n) is 10.4. The third-order valence-corrected chi connectivity index (χ3v) is 6.89. The first-order chi connectivity index (χ1) is 13.5. The average molecular weight is 377 g/mol. The molecule has 0 aliphatic heterocycles. The number of aryl methyl sites for hydroxylation is 2. The summed E-state index contributed by atoms with van der Waals surface area (Å²) < 4.78 is 0. The van der Waals surface area contributed by atoms with Crippen molar-refractivity contribution in [3.05, 3.63) is 58.9 Å². The van der Waals surface area contributed by atoms with Gasteiger partial charge < -0.3 is 5.32 Å². The smallest absolute Gasteiger partial charge is 0.255 e. The number of rotatable bonds is 3. The zero-order valence-corrected chi connectivity index (χ0v) is 16.8. The molecule has 1 N–H and O–H groups in total. The molecule has 28 heavy (non-hydrogen) atoms. The maximum Gasteiger partial charge on any atom is 0.255 e. The number of fused-ring (bicyclic) bond motifs is 3. The van der Waals surface area contributed by atoms with E-state index in [-0.39, 0.29) is 11.3 Å². The van der Waals surface area contributed by atoms with E-state index >= 15 is 0 Å². The lowest BCUT2D eigenvalue weighted by Crippen LogP contribution is -2.40. The molecule has 4 rings (SSSR count). The number of nitrogens with one attached hydrogen (secondary N) is 1. The summed E-state index contributed by atoms with van der Waals surface area (Å²) in [7, 11) is 0. The predicted octanol–water partition coefficient (Wildman–Crippen LogP) is 5.00. The summed E-state index contributed by atoms with van der Waals surface area (Å²) >= 11 is 0. The van der Waals surface area contributed by atoms with Crippen LogP contribution in [0.3, 0.4) is 0 Å². The molecule has 2 atom stereocenters. The second kappa shape index (κ2) is 7.50. The van der Waals surface area contributed by atoms with Crippen molar-refractivity contribution in [2.24, 2.45) is 5.92 Å². The Labute approximate surface area is 166 Å². The van der Waals surface area contributed by atoms with Crippen LogP contribution in [0.4, 0.5) is 5.69 Å². The number of amides is 1. The Balaban J connectivity index is 1.66. The molecule has 1 aromatic carbocycles. The molecular weight excluding hydrogens is 348 g/mol. The first kappa shape index (κ1) is 18.9. The van der Waals surface area contributed by atoms with Crippen LogP contribution in [0, 0.1) is 12.8 Å². The van der Waals surface area contributed by atoms with Crippen LogP contribution in [0.25, 0.3) is 0 Å². The lowest BCUT2D eigenvalue weighted by Gasteiger charge is -2.43. The minimum absolute atomic E-state index is 0.0920. The second-order valence-electron chi connectivity index (χ2n) is 8.30. The molecule has 0 unspecified atom stereocenters. The van der Waals surface area contributed by atoms with Crippen LogP contribution >= 0.6 is 0 Å². The number of aromatic nitrogens is 1. The van der Waals surface area contributed by atoms with Gasteiger partial charge in [-0.3, -0.25) is 14.6 Å². The minimum atomic E-state index is -0.0935. The van der Waals surface area contributed by atoms with Gasteiger partial charge in [0.1, 0.15) is 5.78 Å². The summed E-state index contributed by atoms with van der Waals surface area (Å²) in [5.41, 5.74) is 5.00. The Morgan fingerprint density at radius 1 is 1.29 bits per heavy atom. The maximum atomic E-state index is 12.8. The average Bonchev–Trinajstić information content (AvgIpc) is 2.86. The van der Waals surface area contributed by atoms with Crippen LogP contribution in [0.5, 0.6) is 0 Å². The largest absolute Gasteiger partial charge is 0.320 e. The van der Waals surface area contributed by atoms with Crippen LogP contribution in [-0.2, 0) is 16.6 Å². The van der Waals surface area contributed by atoms with Gasteiger partial charge in [0.2, 0.25) is 0 Å². The van der Waals surface area contributed by atoms with Crippen molar-refractivity contribution in [3.63, 3.8) is 0 Å². The fourth-order valence-electron chi connectivity index (χ4n) is 5.30. The lowest BCUT2D eigenvalue weighted by atomic mass is 9.60. The Hall–Kier alpha value is -2.49. The Morgan fingerprint density at radius 2 is 2.14 bits per heavy atom. The van der Waals surface area contributed by atoms with Crippen molar-refractivity contribution in [1.29, 1.82) is 0 Å². The predicted molar refractivity (Wildman–Crippen MR) is 111 cm³/mol. The van der Waals surface area contributed by atoms with Crippen molar-refractivity contribution in [3.8, 4) is 0 Å². The van der Waals surface area contributed by atoms with Crippen molar-refractivity contribution < 1.29 is 9.59 Å². The topological polar surface area (TPSA) is 59.1 Å². The molecule has 1 saturated carbocycles. The van der Waals surface area contributed by atoms with E-state index in [0.29, 0.717) is 23.7 Å². The highest BCUT2D eigenvalue weighted by Gasteiger charge is 2.45. The number of carbonyl (C=O) groups is 2. The molecular formula is C24H28N2O2. The van der Waals surface area contributed by atoms with E-state index in [1.807, 2.05) is 25.1 Å². The molecule has 0 radical (unpaired) electrons. The van der Waals surface area contributed by atoms with Crippen molar-refractivity contribution in [1.82, 2.24) is 4.98 Å². The molecule has 0 saturated heterocycles. The SMILES string of the molecule is CC[C@]12CCC(=O)C[C@H]1CCCc1cc(C(=O)Nc3cccnc3C)ccc12. The van der Waals surface area contributed by atoms with Crippen molar-refractivity contribution >= 4 is 17.4 Å². The van der Waals surface area contributed by atoms with Crippen LogP contribution in [-0.4, -0.2) is 16.7 Å². The summed E-state index contributed by atoms with van der Waals surface area (Å²) in [4.78, 5) is 29.2. The van der Waals surface area contributed by atoms with Gasteiger partial charge in [0.25, 0.3) is 5.91 Å². The molecule has 1 amide bonds. The molecule has 4 heteroatoms. The molecule has 4 nitrogen and oxygen atoms in total. The number of pyridine rings is 1. The summed E-state index contributed by atoms with van der Waals surface area (Å²) in [5.74, 6) is 0.766. The summed E-state index contributed by atoms with van der Waals surface area (Å²) in [6.45, 7) is 4.14. The van der Waals surface area contributed by atoms with Gasteiger partial charge in [-0.15, -0.1) is 0 Å². The Bertz CT molecular complexity index is 921. The van der Waals surface area contributed by atoms with Gasteiger partial charge in [-0.2, -0.15) is 0 Å². The van der Waals surface area contributed by atoms with Gasteiger partial charge in [-0.1, -0.05) is 13.0 Å². The third-order valence-electron chi connectivity index (χ3n) is 6.89. The van der Waals surface area contributed by atoms with E-state index < -0.39 is 0 Å². The molecule has 2 aliphatic carbocycles. The van der Waals surface area contributed by atoms with Gasteiger partial charge in [-0.25, -0.2) is 0 Å². The summed E-state index contributed by atoms with van der Waals surface area (Å²) in [5, 5.41) is 2.99. The Morgan fingerprint density at radius 3 is 2.93 bits per heavy atom. The molecule has 0 spiro atoms. The van der Waals surface area contributed by atoms with E-state index in [0.717, 1.165) is 49.9 Å². The van der Waals surface area contributed by atoms with Crippen LogP contribution in [0.1, 0.15) is 72.6 Å². The second-order valence-corrected chi connectivity index (χ2v) is 8.30. The highest BCUT2D eigenvalue weighted by Crippen LogP contribution is 2.50. The molecule has 1 heterocycles. The molecule has 2 aliphatic rings. The summed E-state index contributed by atoms with van der Waals surface area (Å²) in [6, 6.07) is 9.90. The van der Waals surface area contributed by atoms with E-state index in [4.69, 9.17) is 0 Å². The standard InChI is InChI=1S/C24H28N2O2/c1-3-24-12-11-20(27)15-19(24)7-4-6-17-14-18(9-10-21(17)24)23(28)26-22-8-5-13-25-16(22)2/h5,8-10,13-14,19H,3-4,6-7,11-12,15H2,1-2H3,(H,26,28)/t19-,24+/m1/s1. The number of ketones is 1. The van der Waals surface area contributed by atoms with Crippen LogP contribution in [0.15, 0.2) is 36.5 Å². The molecule has 2 aromatic rings. The van der Waals surface area contributed by atoms with E-state index in [9.17, 15) is 9.59 Å². The van der Waals surface area contributed by atoms with Crippen LogP contribution in [0.2, 0.25) is 0 Å². The monoisotopic (exact) mass is 376 g/mol. The van der Waals surface area contributed by atoms with Crippen LogP contribution < -0.4 is 5.32 Å². The highest BCUT2D eigenvalue weighted by molar-refractivity contribution is 6.04. The number of benzene rings is 1. The molecule has 1 aromatic heterocycles. The van der Waals surface area contributed by atoms with Gasteiger partial charge in [0, 0.05) is 24.6 Å². The maximum absolute atomic E-state index is 12.8. The quantitative estimate of drug-likeness (QED) is 0.820. The molecule has 146 valence electrons. The van der Waals surface area contributed by atoms with Gasteiger partial charge in [0.15, 0.2) is 0 Å². The number of hydrogen-bond acceptors (Lipinski definition) is 3. The normalized spacial score (nSPS) is 24.1. The van der Waals surface area contributed by atoms with Gasteiger partial charge in [0.05, 0.1) is 11.4 Å². The number of Topliss-reactive ketones (excluding diaryl/α,β-unsaturated/α-hetero) is 1.